The first-order valence-electron chi connectivity index (χ1n) is 9.92. The van der Waals surface area contributed by atoms with Crippen molar-refractivity contribution in [1.82, 2.24) is 0 Å². The molecule has 3 aromatic rings. The van der Waals surface area contributed by atoms with Gasteiger partial charge in [0, 0.05) is 11.0 Å². The van der Waals surface area contributed by atoms with E-state index >= 15 is 0 Å². The number of ether oxygens (including phenoxy) is 1. The summed E-state index contributed by atoms with van der Waals surface area (Å²) >= 11 is 1.93. The zero-order valence-electron chi connectivity index (χ0n) is 16.6. The number of hydrogen-bond donors (Lipinski definition) is 0. The normalized spacial score (nSPS) is 18.1. The van der Waals surface area contributed by atoms with Crippen molar-refractivity contribution in [3.63, 3.8) is 0 Å². The first kappa shape index (κ1) is 20.0. The van der Waals surface area contributed by atoms with E-state index in [2.05, 4.69) is 19.9 Å². The van der Waals surface area contributed by atoms with Gasteiger partial charge >= 0.3 is 0 Å². The summed E-state index contributed by atoms with van der Waals surface area (Å²) < 4.78 is 32.7. The minimum Gasteiger partial charge on any atom is -0.457 e. The van der Waals surface area contributed by atoms with Gasteiger partial charge in [-0.1, -0.05) is 32.0 Å². The third-order valence-corrected chi connectivity index (χ3v) is 6.81. The second kappa shape index (κ2) is 8.58. The lowest BCUT2D eigenvalue weighted by Crippen LogP contribution is -2.16. The molecular formula is C25H24F2OS. The quantitative estimate of drug-likeness (QED) is 0.420. The highest BCUT2D eigenvalue weighted by atomic mass is 32.2. The zero-order valence-corrected chi connectivity index (χ0v) is 17.4. The lowest BCUT2D eigenvalue weighted by molar-refractivity contribution is 0.480. The van der Waals surface area contributed by atoms with Crippen LogP contribution in [0.3, 0.4) is 0 Å². The lowest BCUT2D eigenvalue weighted by Gasteiger charge is -2.24. The number of hydrogen-bond acceptors (Lipinski definition) is 2. The van der Waals surface area contributed by atoms with Crippen LogP contribution in [-0.2, 0) is 12.2 Å². The molecule has 0 saturated carbocycles. The minimum atomic E-state index is -0.278. The Morgan fingerprint density at radius 2 is 1.69 bits per heavy atom. The van der Waals surface area contributed by atoms with E-state index in [0.717, 1.165) is 17.9 Å². The van der Waals surface area contributed by atoms with Crippen molar-refractivity contribution < 1.29 is 13.5 Å². The van der Waals surface area contributed by atoms with E-state index in [1.165, 1.54) is 28.8 Å². The van der Waals surface area contributed by atoms with Gasteiger partial charge in [-0.3, -0.25) is 0 Å². The van der Waals surface area contributed by atoms with Gasteiger partial charge in [0.05, 0.1) is 0 Å². The molecule has 0 aliphatic heterocycles. The molecule has 1 aliphatic rings. The molecule has 4 rings (SSSR count). The van der Waals surface area contributed by atoms with Crippen molar-refractivity contribution in [2.45, 2.75) is 37.2 Å². The first-order chi connectivity index (χ1) is 14.0. The summed E-state index contributed by atoms with van der Waals surface area (Å²) in [7, 11) is 0. The van der Waals surface area contributed by atoms with Crippen LogP contribution >= 0.6 is 11.8 Å². The van der Waals surface area contributed by atoms with Crippen LogP contribution in [0.5, 0.6) is 11.5 Å². The van der Waals surface area contributed by atoms with E-state index in [1.54, 1.807) is 24.3 Å². The molecule has 29 heavy (non-hydrogen) atoms. The van der Waals surface area contributed by atoms with Crippen LogP contribution in [0.25, 0.3) is 0 Å². The molecule has 3 aromatic carbocycles. The molecule has 0 N–H and O–H groups in total. The number of benzene rings is 3. The van der Waals surface area contributed by atoms with Gasteiger partial charge in [-0.2, -0.15) is 11.8 Å². The van der Waals surface area contributed by atoms with Crippen LogP contribution in [0.1, 0.15) is 36.5 Å². The number of thioether (sulfide) groups is 1. The highest BCUT2D eigenvalue weighted by Crippen LogP contribution is 2.45. The third-order valence-electron chi connectivity index (χ3n) is 5.42. The molecule has 0 fully saturated rings. The van der Waals surface area contributed by atoms with Crippen molar-refractivity contribution in [1.29, 1.82) is 0 Å². The molecule has 4 heteroatoms. The van der Waals surface area contributed by atoms with E-state index in [4.69, 9.17) is 4.74 Å². The molecule has 0 amide bonds. The maximum Gasteiger partial charge on any atom is 0.127 e. The first-order valence-corrected chi connectivity index (χ1v) is 11.0. The van der Waals surface area contributed by atoms with Gasteiger partial charge in [-0.05, 0) is 83.5 Å². The average molecular weight is 411 g/mol. The van der Waals surface area contributed by atoms with Crippen molar-refractivity contribution in [3.05, 3.63) is 95.1 Å². The van der Waals surface area contributed by atoms with Crippen LogP contribution in [0, 0.1) is 17.6 Å². The van der Waals surface area contributed by atoms with Crippen molar-refractivity contribution in [2.75, 3.05) is 0 Å². The largest absolute Gasteiger partial charge is 0.457 e. The fourth-order valence-corrected chi connectivity index (χ4v) is 5.65. The summed E-state index contributed by atoms with van der Waals surface area (Å²) in [6.07, 6.45) is 0.981. The topological polar surface area (TPSA) is 9.23 Å². The highest BCUT2D eigenvalue weighted by Gasteiger charge is 2.34. The number of fused-ring (bicyclic) bond motifs is 1. The van der Waals surface area contributed by atoms with E-state index in [1.807, 2.05) is 36.0 Å². The summed E-state index contributed by atoms with van der Waals surface area (Å²) in [6, 6.07) is 19.3. The van der Waals surface area contributed by atoms with Crippen LogP contribution < -0.4 is 4.74 Å². The summed E-state index contributed by atoms with van der Waals surface area (Å²) in [5, 5.41) is 0.438. The molecule has 0 spiro atoms. The molecule has 0 saturated heterocycles. The van der Waals surface area contributed by atoms with E-state index in [0.29, 0.717) is 22.8 Å². The number of rotatable bonds is 6. The summed E-state index contributed by atoms with van der Waals surface area (Å²) in [5.41, 5.74) is 3.63. The molecule has 150 valence electrons. The summed E-state index contributed by atoms with van der Waals surface area (Å²) in [4.78, 5) is 0. The molecular weight excluding hydrogens is 386 g/mol. The molecule has 0 heterocycles. The van der Waals surface area contributed by atoms with Gasteiger partial charge in [0.25, 0.3) is 0 Å². The SMILES string of the molecule is CC(C)C1c2cc(F)ccc2CC1SCc1cccc(Oc2ccc(F)cc2)c1. The maximum absolute atomic E-state index is 13.8. The molecule has 0 radical (unpaired) electrons. The zero-order chi connectivity index (χ0) is 20.4. The lowest BCUT2D eigenvalue weighted by atomic mass is 9.90. The Bertz CT molecular complexity index is 984. The van der Waals surface area contributed by atoms with Crippen molar-refractivity contribution in [2.24, 2.45) is 5.92 Å². The summed E-state index contributed by atoms with van der Waals surface area (Å²) in [6.45, 7) is 4.44. The Hall–Kier alpha value is -2.33. The molecule has 1 aliphatic carbocycles. The van der Waals surface area contributed by atoms with Gasteiger partial charge in [0.2, 0.25) is 0 Å². The van der Waals surface area contributed by atoms with Gasteiger partial charge in [0.15, 0.2) is 0 Å². The maximum atomic E-state index is 13.8. The Balaban J connectivity index is 1.44. The van der Waals surface area contributed by atoms with Gasteiger partial charge < -0.3 is 4.74 Å². The Morgan fingerprint density at radius 1 is 0.931 bits per heavy atom. The van der Waals surface area contributed by atoms with Crippen LogP contribution in [-0.4, -0.2) is 5.25 Å². The standard InChI is InChI=1S/C25H24F2OS/c1-16(2)25-23-14-20(27)7-6-18(23)13-24(25)29-15-17-4-3-5-22(12-17)28-21-10-8-19(26)9-11-21/h3-12,14,16,24-25H,13,15H2,1-2H3. The second-order valence-corrected chi connectivity index (χ2v) is 9.10. The predicted molar refractivity (Wildman–Crippen MR) is 116 cm³/mol. The van der Waals surface area contributed by atoms with Gasteiger partial charge in [0.1, 0.15) is 23.1 Å². The molecule has 2 atom stereocenters. The Morgan fingerprint density at radius 3 is 2.45 bits per heavy atom. The van der Waals surface area contributed by atoms with Crippen LogP contribution in [0.15, 0.2) is 66.7 Å². The van der Waals surface area contributed by atoms with Crippen molar-refractivity contribution in [3.8, 4) is 11.5 Å². The third kappa shape index (κ3) is 4.64. The van der Waals surface area contributed by atoms with Gasteiger partial charge in [-0.15, -0.1) is 0 Å². The van der Waals surface area contributed by atoms with Crippen LogP contribution in [0.2, 0.25) is 0 Å². The second-order valence-electron chi connectivity index (χ2n) is 7.87. The predicted octanol–water partition coefficient (Wildman–Crippen LogP) is 7.35. The average Bonchev–Trinajstić information content (AvgIpc) is 3.06. The minimum absolute atomic E-state index is 0.148. The molecule has 0 aromatic heterocycles. The van der Waals surface area contributed by atoms with Gasteiger partial charge in [-0.25, -0.2) is 8.78 Å². The fourth-order valence-electron chi connectivity index (χ4n) is 4.10. The van der Waals surface area contributed by atoms with Crippen LogP contribution in [0.4, 0.5) is 8.78 Å². The molecule has 0 bridgehead atoms. The highest BCUT2D eigenvalue weighted by molar-refractivity contribution is 7.99. The molecule has 2 unspecified atom stereocenters. The van der Waals surface area contributed by atoms with E-state index < -0.39 is 0 Å². The van der Waals surface area contributed by atoms with E-state index in [9.17, 15) is 8.78 Å². The smallest absolute Gasteiger partial charge is 0.127 e. The summed E-state index contributed by atoms with van der Waals surface area (Å²) in [5.74, 6) is 2.62. The Labute approximate surface area is 175 Å². The number of halogens is 2. The Kier molecular flexibility index (Phi) is 5.91. The van der Waals surface area contributed by atoms with Crippen molar-refractivity contribution >= 4 is 11.8 Å². The fraction of sp³-hybridized carbons (Fsp3) is 0.280. The monoisotopic (exact) mass is 410 g/mol. The molecule has 1 nitrogen and oxygen atoms in total. The van der Waals surface area contributed by atoms with E-state index in [-0.39, 0.29) is 11.6 Å².